The fourth-order valence-electron chi connectivity index (χ4n) is 1.20. The van der Waals surface area contributed by atoms with Crippen LogP contribution >= 0.6 is 0 Å². The molecule has 0 saturated heterocycles. The van der Waals surface area contributed by atoms with Gasteiger partial charge >= 0.3 is 0 Å². The Hall–Kier alpha value is -0.180. The van der Waals surface area contributed by atoms with Gasteiger partial charge in [0.2, 0.25) is 0 Å². The lowest BCUT2D eigenvalue weighted by Crippen LogP contribution is -2.49. The lowest BCUT2D eigenvalue weighted by molar-refractivity contribution is -0.119. The van der Waals surface area contributed by atoms with Gasteiger partial charge in [0.05, 0.1) is 0 Å². The molecule has 0 aromatic heterocycles. The van der Waals surface area contributed by atoms with Crippen molar-refractivity contribution in [3.05, 3.63) is 0 Å². The number of alkyl halides is 2. The van der Waals surface area contributed by atoms with Crippen LogP contribution in [0.2, 0.25) is 0 Å². The maximum atomic E-state index is 12.3. The minimum atomic E-state index is -2.37. The van der Waals surface area contributed by atoms with Gasteiger partial charge in [0.15, 0.2) is 0 Å². The molecule has 0 heterocycles. The Balaban J connectivity index is 0.000000561. The molecule has 1 aliphatic carbocycles. The Morgan fingerprint density at radius 2 is 1.75 bits per heavy atom. The third-order valence-electron chi connectivity index (χ3n) is 2.19. The molecule has 1 saturated carbocycles. The summed E-state index contributed by atoms with van der Waals surface area (Å²) in [4.78, 5) is 1.97. The molecule has 0 unspecified atom stereocenters. The molecule has 1 fully saturated rings. The molecule has 0 radical (unpaired) electrons. The predicted molar refractivity (Wildman–Crippen MR) is 47.6 cm³/mol. The van der Waals surface area contributed by atoms with Crippen molar-refractivity contribution in [1.82, 2.24) is 4.90 Å². The van der Waals surface area contributed by atoms with Crippen molar-refractivity contribution in [2.24, 2.45) is 0 Å². The first-order chi connectivity index (χ1) is 5.55. The third-order valence-corrected chi connectivity index (χ3v) is 2.19. The van der Waals surface area contributed by atoms with E-state index in [1.165, 1.54) is 0 Å². The molecule has 0 spiro atoms. The van der Waals surface area contributed by atoms with E-state index in [1.807, 2.05) is 32.7 Å². The van der Waals surface area contributed by atoms with Crippen LogP contribution in [0, 0.1) is 0 Å². The van der Waals surface area contributed by atoms with E-state index in [1.54, 1.807) is 0 Å². The quantitative estimate of drug-likeness (QED) is 0.630. The molecular formula is C9H19F2N. The monoisotopic (exact) mass is 179 g/mol. The maximum absolute atomic E-state index is 12.3. The molecule has 1 rings (SSSR count). The largest absolute Gasteiger partial charge is 0.303 e. The number of rotatable bonds is 2. The molecule has 0 aromatic rings. The Labute approximate surface area is 73.7 Å². The van der Waals surface area contributed by atoms with Gasteiger partial charge < -0.3 is 4.90 Å². The van der Waals surface area contributed by atoms with E-state index in [2.05, 4.69) is 0 Å². The summed E-state index contributed by atoms with van der Waals surface area (Å²) in [5.41, 5.74) is 0. The molecular weight excluding hydrogens is 160 g/mol. The SMILES string of the molecule is CC.CCN(C)C1CC(F)(F)C1. The van der Waals surface area contributed by atoms with Crippen molar-refractivity contribution < 1.29 is 8.78 Å². The summed E-state index contributed by atoms with van der Waals surface area (Å²) in [6.45, 7) is 6.84. The Morgan fingerprint density at radius 3 is 2.00 bits per heavy atom. The highest BCUT2D eigenvalue weighted by Gasteiger charge is 2.46. The maximum Gasteiger partial charge on any atom is 0.251 e. The van der Waals surface area contributed by atoms with Gasteiger partial charge in [0.1, 0.15) is 0 Å². The van der Waals surface area contributed by atoms with Crippen LogP contribution in [0.1, 0.15) is 33.6 Å². The van der Waals surface area contributed by atoms with Gasteiger partial charge in [-0.15, -0.1) is 0 Å². The van der Waals surface area contributed by atoms with E-state index >= 15 is 0 Å². The molecule has 0 aliphatic heterocycles. The molecule has 74 valence electrons. The van der Waals surface area contributed by atoms with Crippen molar-refractivity contribution in [3.8, 4) is 0 Å². The van der Waals surface area contributed by atoms with Crippen LogP contribution in [0.3, 0.4) is 0 Å². The topological polar surface area (TPSA) is 3.24 Å². The van der Waals surface area contributed by atoms with Crippen LogP contribution < -0.4 is 0 Å². The van der Waals surface area contributed by atoms with Crippen molar-refractivity contribution in [2.75, 3.05) is 13.6 Å². The van der Waals surface area contributed by atoms with Gasteiger partial charge in [-0.2, -0.15) is 0 Å². The van der Waals surface area contributed by atoms with E-state index in [0.29, 0.717) is 0 Å². The summed E-state index contributed by atoms with van der Waals surface area (Å²) in [6, 6.07) is 0.125. The zero-order valence-corrected chi connectivity index (χ0v) is 8.40. The number of hydrogen-bond donors (Lipinski definition) is 0. The average Bonchev–Trinajstić information content (AvgIpc) is 2.02. The zero-order chi connectivity index (χ0) is 9.78. The second kappa shape index (κ2) is 4.75. The number of hydrogen-bond acceptors (Lipinski definition) is 1. The predicted octanol–water partition coefficient (Wildman–Crippen LogP) is 2.76. The Bertz CT molecular complexity index is 118. The van der Waals surface area contributed by atoms with E-state index in [-0.39, 0.29) is 18.9 Å². The van der Waals surface area contributed by atoms with Gasteiger partial charge in [-0.25, -0.2) is 8.78 Å². The average molecular weight is 179 g/mol. The molecule has 0 N–H and O–H groups in total. The van der Waals surface area contributed by atoms with Crippen LogP contribution in [0.25, 0.3) is 0 Å². The minimum absolute atomic E-state index is 0.0529. The Kier molecular flexibility index (Phi) is 4.68. The lowest BCUT2D eigenvalue weighted by atomic mass is 9.87. The van der Waals surface area contributed by atoms with Gasteiger partial charge in [0.25, 0.3) is 5.92 Å². The van der Waals surface area contributed by atoms with Crippen molar-refractivity contribution >= 4 is 0 Å². The van der Waals surface area contributed by atoms with E-state index < -0.39 is 5.92 Å². The molecule has 1 nitrogen and oxygen atoms in total. The second-order valence-electron chi connectivity index (χ2n) is 2.99. The standard InChI is InChI=1S/C7H13F2N.C2H6/c1-3-10(2)6-4-7(8,9)5-6;1-2/h6H,3-5H2,1-2H3;1-2H3. The molecule has 0 bridgehead atoms. The van der Waals surface area contributed by atoms with Crippen LogP contribution in [-0.4, -0.2) is 30.5 Å². The van der Waals surface area contributed by atoms with E-state index in [9.17, 15) is 8.78 Å². The van der Waals surface area contributed by atoms with Crippen LogP contribution in [-0.2, 0) is 0 Å². The molecule has 0 atom stereocenters. The summed E-state index contributed by atoms with van der Waals surface area (Å²) >= 11 is 0. The first-order valence-electron chi connectivity index (χ1n) is 4.63. The van der Waals surface area contributed by atoms with E-state index in [4.69, 9.17) is 0 Å². The van der Waals surface area contributed by atoms with Crippen LogP contribution in [0.4, 0.5) is 8.78 Å². The number of halogens is 2. The van der Waals surface area contributed by atoms with Crippen LogP contribution in [0.5, 0.6) is 0 Å². The molecule has 12 heavy (non-hydrogen) atoms. The second-order valence-corrected chi connectivity index (χ2v) is 2.99. The fraction of sp³-hybridized carbons (Fsp3) is 1.00. The smallest absolute Gasteiger partial charge is 0.251 e. The minimum Gasteiger partial charge on any atom is -0.303 e. The highest BCUT2D eigenvalue weighted by atomic mass is 19.3. The summed E-state index contributed by atoms with van der Waals surface area (Å²) in [6.07, 6.45) is 0.106. The van der Waals surface area contributed by atoms with Crippen LogP contribution in [0.15, 0.2) is 0 Å². The summed E-state index contributed by atoms with van der Waals surface area (Å²) in [7, 11) is 1.89. The zero-order valence-electron chi connectivity index (χ0n) is 8.40. The molecule has 1 aliphatic rings. The van der Waals surface area contributed by atoms with Crippen molar-refractivity contribution in [1.29, 1.82) is 0 Å². The highest BCUT2D eigenvalue weighted by Crippen LogP contribution is 2.39. The first-order valence-corrected chi connectivity index (χ1v) is 4.63. The molecule has 0 amide bonds. The van der Waals surface area contributed by atoms with Gasteiger partial charge in [0, 0.05) is 18.9 Å². The number of nitrogens with zero attached hydrogens (tertiary/aromatic N) is 1. The lowest BCUT2D eigenvalue weighted by Gasteiger charge is -2.40. The molecule has 3 heteroatoms. The van der Waals surface area contributed by atoms with Crippen molar-refractivity contribution in [2.45, 2.75) is 45.6 Å². The van der Waals surface area contributed by atoms with E-state index in [0.717, 1.165) is 6.54 Å². The summed E-state index contributed by atoms with van der Waals surface area (Å²) in [5.74, 6) is -2.37. The normalized spacial score (nSPS) is 21.2. The Morgan fingerprint density at radius 1 is 1.33 bits per heavy atom. The van der Waals surface area contributed by atoms with Gasteiger partial charge in [-0.05, 0) is 13.6 Å². The highest BCUT2D eigenvalue weighted by molar-refractivity contribution is 4.91. The van der Waals surface area contributed by atoms with Gasteiger partial charge in [-0.3, -0.25) is 0 Å². The first kappa shape index (κ1) is 11.8. The summed E-state index contributed by atoms with van der Waals surface area (Å²) in [5, 5.41) is 0. The molecule has 0 aromatic carbocycles. The fourth-order valence-corrected chi connectivity index (χ4v) is 1.20. The van der Waals surface area contributed by atoms with Crippen molar-refractivity contribution in [3.63, 3.8) is 0 Å². The summed E-state index contributed by atoms with van der Waals surface area (Å²) < 4.78 is 24.5. The third kappa shape index (κ3) is 3.05. The van der Waals surface area contributed by atoms with Gasteiger partial charge in [-0.1, -0.05) is 20.8 Å².